The molecule has 1 aromatic carbocycles. The van der Waals surface area contributed by atoms with Gasteiger partial charge in [0.1, 0.15) is 0 Å². The fraction of sp³-hybridized carbons (Fsp3) is 0.471. The maximum atomic E-state index is 12.5. The van der Waals surface area contributed by atoms with Crippen LogP contribution in [0.4, 0.5) is 13.2 Å². The van der Waals surface area contributed by atoms with E-state index >= 15 is 0 Å². The van der Waals surface area contributed by atoms with Gasteiger partial charge in [-0.05, 0) is 12.0 Å². The summed E-state index contributed by atoms with van der Waals surface area (Å²) < 4.78 is 41.8. The second kappa shape index (κ2) is 8.79. The number of alkyl halides is 3. The molecule has 0 saturated heterocycles. The van der Waals surface area contributed by atoms with E-state index in [2.05, 4.69) is 14.7 Å². The van der Waals surface area contributed by atoms with E-state index < -0.39 is 12.1 Å². The molecule has 0 N–H and O–H groups in total. The van der Waals surface area contributed by atoms with Crippen molar-refractivity contribution in [1.29, 1.82) is 0 Å². The summed E-state index contributed by atoms with van der Waals surface area (Å²) in [5, 5.41) is 4.65. The molecule has 0 atom stereocenters. The standard InChI is InChI=1S/C17H20F3N3O3/c1-3-5-10-25-23(14(24)4-2)11-12-6-8-13(9-7-12)15-21-16(26-22-15)17(18,19)20/h6-9H,3-5,10-11H2,1-2H3. The lowest BCUT2D eigenvalue weighted by Gasteiger charge is -2.21. The Morgan fingerprint density at radius 3 is 2.46 bits per heavy atom. The molecular formula is C17H20F3N3O3. The van der Waals surface area contributed by atoms with Crippen molar-refractivity contribution < 1.29 is 27.3 Å². The molecule has 2 aromatic rings. The molecule has 0 radical (unpaired) electrons. The Balaban J connectivity index is 2.07. The van der Waals surface area contributed by atoms with Gasteiger partial charge in [-0.2, -0.15) is 18.2 Å². The quantitative estimate of drug-likeness (QED) is 0.513. The molecule has 6 nitrogen and oxygen atoms in total. The Hall–Kier alpha value is -2.42. The van der Waals surface area contributed by atoms with Crippen LogP contribution in [0.5, 0.6) is 0 Å². The molecule has 1 amide bonds. The van der Waals surface area contributed by atoms with Crippen molar-refractivity contribution in [1.82, 2.24) is 15.2 Å². The van der Waals surface area contributed by atoms with Gasteiger partial charge in [0.2, 0.25) is 11.7 Å². The minimum Gasteiger partial charge on any atom is -0.329 e. The van der Waals surface area contributed by atoms with Gasteiger partial charge in [0.15, 0.2) is 0 Å². The number of hydroxylamine groups is 2. The minimum atomic E-state index is -4.68. The van der Waals surface area contributed by atoms with Crippen LogP contribution in [0.3, 0.4) is 0 Å². The number of halogens is 3. The first-order valence-corrected chi connectivity index (χ1v) is 8.28. The highest BCUT2D eigenvalue weighted by Crippen LogP contribution is 2.29. The first-order chi connectivity index (χ1) is 12.3. The monoisotopic (exact) mass is 371 g/mol. The highest BCUT2D eigenvalue weighted by molar-refractivity contribution is 5.74. The largest absolute Gasteiger partial charge is 0.471 e. The summed E-state index contributed by atoms with van der Waals surface area (Å²) in [6.07, 6.45) is -2.57. The molecule has 0 saturated carbocycles. The van der Waals surface area contributed by atoms with Gasteiger partial charge in [-0.25, -0.2) is 5.06 Å². The molecule has 142 valence electrons. The van der Waals surface area contributed by atoms with Crippen LogP contribution in [-0.2, 0) is 22.4 Å². The number of hydrogen-bond donors (Lipinski definition) is 0. The molecule has 1 aromatic heterocycles. The lowest BCUT2D eigenvalue weighted by atomic mass is 10.1. The van der Waals surface area contributed by atoms with Crippen molar-refractivity contribution in [2.45, 2.75) is 45.8 Å². The molecule has 0 aliphatic heterocycles. The van der Waals surface area contributed by atoms with E-state index in [0.29, 0.717) is 18.6 Å². The SMILES string of the molecule is CCCCON(Cc1ccc(-c2noc(C(F)(F)F)n2)cc1)C(=O)CC. The first-order valence-electron chi connectivity index (χ1n) is 8.28. The number of nitrogens with zero attached hydrogens (tertiary/aromatic N) is 3. The van der Waals surface area contributed by atoms with Gasteiger partial charge in [-0.1, -0.05) is 49.7 Å². The fourth-order valence-corrected chi connectivity index (χ4v) is 2.08. The van der Waals surface area contributed by atoms with Gasteiger partial charge < -0.3 is 4.52 Å². The van der Waals surface area contributed by atoms with Crippen molar-refractivity contribution in [2.24, 2.45) is 0 Å². The predicted octanol–water partition coefficient (Wildman–Crippen LogP) is 4.23. The number of hydrogen-bond acceptors (Lipinski definition) is 5. The van der Waals surface area contributed by atoms with Crippen LogP contribution in [0.15, 0.2) is 28.8 Å². The average Bonchev–Trinajstić information content (AvgIpc) is 3.11. The summed E-state index contributed by atoms with van der Waals surface area (Å²) in [6.45, 7) is 4.46. The lowest BCUT2D eigenvalue weighted by molar-refractivity contribution is -0.190. The number of aromatic nitrogens is 2. The molecule has 0 spiro atoms. The number of benzene rings is 1. The smallest absolute Gasteiger partial charge is 0.329 e. The third-order valence-electron chi connectivity index (χ3n) is 3.53. The van der Waals surface area contributed by atoms with Gasteiger partial charge in [0.25, 0.3) is 0 Å². The molecule has 1 heterocycles. The maximum absolute atomic E-state index is 12.5. The van der Waals surface area contributed by atoms with Crippen LogP contribution < -0.4 is 0 Å². The van der Waals surface area contributed by atoms with E-state index in [9.17, 15) is 18.0 Å². The van der Waals surface area contributed by atoms with Crippen molar-refractivity contribution in [3.63, 3.8) is 0 Å². The number of unbranched alkanes of at least 4 members (excludes halogenated alkanes) is 1. The molecule has 0 aliphatic carbocycles. The van der Waals surface area contributed by atoms with E-state index in [4.69, 9.17) is 4.84 Å². The summed E-state index contributed by atoms with van der Waals surface area (Å²) in [5.41, 5.74) is 1.15. The first kappa shape index (κ1) is 19.9. The van der Waals surface area contributed by atoms with Gasteiger partial charge in [0, 0.05) is 12.0 Å². The van der Waals surface area contributed by atoms with E-state index in [1.54, 1.807) is 31.2 Å². The lowest BCUT2D eigenvalue weighted by Crippen LogP contribution is -2.30. The second-order valence-corrected chi connectivity index (χ2v) is 5.59. The highest BCUT2D eigenvalue weighted by atomic mass is 19.4. The molecule has 26 heavy (non-hydrogen) atoms. The number of rotatable bonds is 8. The zero-order valence-corrected chi connectivity index (χ0v) is 14.5. The summed E-state index contributed by atoms with van der Waals surface area (Å²) in [5.74, 6) is -1.68. The molecular weight excluding hydrogens is 351 g/mol. The molecule has 0 aliphatic rings. The van der Waals surface area contributed by atoms with E-state index in [0.717, 1.165) is 18.4 Å². The summed E-state index contributed by atoms with van der Waals surface area (Å²) in [6, 6.07) is 6.50. The average molecular weight is 371 g/mol. The van der Waals surface area contributed by atoms with Gasteiger partial charge in [-0.15, -0.1) is 0 Å². The Kier molecular flexibility index (Phi) is 6.73. The van der Waals surface area contributed by atoms with Crippen LogP contribution in [0.2, 0.25) is 0 Å². The van der Waals surface area contributed by atoms with Crippen LogP contribution in [0, 0.1) is 0 Å². The summed E-state index contributed by atoms with van der Waals surface area (Å²) in [4.78, 5) is 20.8. The Bertz CT molecular complexity index is 714. The zero-order chi connectivity index (χ0) is 19.2. The van der Waals surface area contributed by atoms with Crippen LogP contribution in [0.25, 0.3) is 11.4 Å². The van der Waals surface area contributed by atoms with E-state index in [1.165, 1.54) is 5.06 Å². The molecule has 0 bridgehead atoms. The molecule has 2 rings (SSSR count). The number of carbonyl (C=O) groups excluding carboxylic acids is 1. The molecule has 0 unspecified atom stereocenters. The molecule has 0 fully saturated rings. The van der Waals surface area contributed by atoms with Crippen LogP contribution in [0.1, 0.15) is 44.6 Å². The highest BCUT2D eigenvalue weighted by Gasteiger charge is 2.38. The third-order valence-corrected chi connectivity index (χ3v) is 3.53. The number of amides is 1. The molecule has 9 heteroatoms. The van der Waals surface area contributed by atoms with Crippen molar-refractivity contribution >= 4 is 5.91 Å². The Morgan fingerprint density at radius 1 is 1.23 bits per heavy atom. The van der Waals surface area contributed by atoms with Crippen molar-refractivity contribution in [3.05, 3.63) is 35.7 Å². The van der Waals surface area contributed by atoms with Gasteiger partial charge >= 0.3 is 12.1 Å². The topological polar surface area (TPSA) is 68.5 Å². The van der Waals surface area contributed by atoms with Crippen molar-refractivity contribution in [3.8, 4) is 11.4 Å². The summed E-state index contributed by atoms with van der Waals surface area (Å²) in [7, 11) is 0. The van der Waals surface area contributed by atoms with Gasteiger partial charge in [-0.3, -0.25) is 9.63 Å². The number of carbonyl (C=O) groups is 1. The second-order valence-electron chi connectivity index (χ2n) is 5.59. The van der Waals surface area contributed by atoms with Crippen LogP contribution >= 0.6 is 0 Å². The van der Waals surface area contributed by atoms with Crippen LogP contribution in [-0.4, -0.2) is 27.7 Å². The maximum Gasteiger partial charge on any atom is 0.471 e. The Labute approximate surface area is 148 Å². The van der Waals surface area contributed by atoms with E-state index in [1.807, 2.05) is 6.92 Å². The van der Waals surface area contributed by atoms with E-state index in [-0.39, 0.29) is 18.3 Å². The van der Waals surface area contributed by atoms with Gasteiger partial charge in [0.05, 0.1) is 13.2 Å². The Morgan fingerprint density at radius 2 is 1.92 bits per heavy atom. The third kappa shape index (κ3) is 5.29. The normalized spacial score (nSPS) is 11.6. The minimum absolute atomic E-state index is 0.141. The van der Waals surface area contributed by atoms with Crippen molar-refractivity contribution in [2.75, 3.05) is 6.61 Å². The zero-order valence-electron chi connectivity index (χ0n) is 14.5. The predicted molar refractivity (Wildman–Crippen MR) is 86.4 cm³/mol. The fourth-order valence-electron chi connectivity index (χ4n) is 2.08. The summed E-state index contributed by atoms with van der Waals surface area (Å²) >= 11 is 0.